The first kappa shape index (κ1) is 27.5. The molecular formula is C22H18Br2F3N3O6S. The van der Waals surface area contributed by atoms with Gasteiger partial charge in [0.2, 0.25) is 0 Å². The quantitative estimate of drug-likeness (QED) is 0.219. The Balaban J connectivity index is 1.71. The second kappa shape index (κ2) is 9.05. The maximum Gasteiger partial charge on any atom is 0.405 e. The summed E-state index contributed by atoms with van der Waals surface area (Å²) in [5, 5.41) is 27.0. The first-order chi connectivity index (χ1) is 17.0. The Bertz CT molecular complexity index is 1450. The van der Waals surface area contributed by atoms with Crippen LogP contribution in [0.3, 0.4) is 0 Å². The van der Waals surface area contributed by atoms with Crippen molar-refractivity contribution in [3.8, 4) is 0 Å². The summed E-state index contributed by atoms with van der Waals surface area (Å²) in [6.45, 7) is 0.518. The molecule has 2 heterocycles. The number of alkyl halides is 3. The molecule has 198 valence electrons. The standard InChI is InChI=1S/C22H18Br2F3N3O6S/c1-20(10-37(35,36)11-20)28-19(31)16-3-2-12(4-17(16)30(33)34)18-8-21(9-29(18)32,22(25,26)27)13-5-14(23)7-15(24)6-13/h2-7H,8-11H2,1H3,(H,28,31). The first-order valence-electron chi connectivity index (χ1n) is 10.6. The predicted octanol–water partition coefficient (Wildman–Crippen LogP) is 4.24. The highest BCUT2D eigenvalue weighted by Crippen LogP contribution is 2.48. The predicted molar refractivity (Wildman–Crippen MR) is 134 cm³/mol. The molecule has 1 atom stereocenters. The van der Waals surface area contributed by atoms with Gasteiger partial charge in [-0.25, -0.2) is 13.2 Å². The molecule has 4 rings (SSSR count). The van der Waals surface area contributed by atoms with Crippen molar-refractivity contribution in [1.82, 2.24) is 5.32 Å². The Hall–Kier alpha value is -2.52. The molecule has 2 aliphatic rings. The summed E-state index contributed by atoms with van der Waals surface area (Å²) >= 11 is 6.33. The minimum Gasteiger partial charge on any atom is -0.624 e. The molecule has 0 aromatic heterocycles. The van der Waals surface area contributed by atoms with E-state index in [9.17, 15) is 41.7 Å². The Labute approximate surface area is 225 Å². The second-order valence-electron chi connectivity index (χ2n) is 9.43. The van der Waals surface area contributed by atoms with Crippen LogP contribution >= 0.6 is 31.9 Å². The highest BCUT2D eigenvalue weighted by atomic mass is 79.9. The fraction of sp³-hybridized carbons (Fsp3) is 0.364. The number of carbonyl (C=O) groups is 1. The summed E-state index contributed by atoms with van der Waals surface area (Å²) in [7, 11) is -3.31. The van der Waals surface area contributed by atoms with E-state index in [1.54, 1.807) is 6.07 Å². The molecule has 0 radical (unpaired) electrons. The average molecular weight is 669 g/mol. The summed E-state index contributed by atoms with van der Waals surface area (Å²) < 4.78 is 67.2. The monoisotopic (exact) mass is 667 g/mol. The fourth-order valence-corrected chi connectivity index (χ4v) is 8.08. The largest absolute Gasteiger partial charge is 0.624 e. The SMILES string of the molecule is CC1(NC(=O)c2ccc(C3=[N+]([O-])CC(c4cc(Br)cc(Br)c4)(C(F)(F)F)C3)cc2[N+](=O)[O-])CS(=O)(=O)C1. The van der Waals surface area contributed by atoms with Gasteiger partial charge >= 0.3 is 6.18 Å². The van der Waals surface area contributed by atoms with E-state index in [-0.39, 0.29) is 33.1 Å². The molecule has 1 unspecified atom stereocenters. The molecule has 1 amide bonds. The van der Waals surface area contributed by atoms with Crippen molar-refractivity contribution in [3.63, 3.8) is 0 Å². The summed E-state index contributed by atoms with van der Waals surface area (Å²) in [6.07, 6.45) is -5.61. The van der Waals surface area contributed by atoms with Gasteiger partial charge in [0.15, 0.2) is 27.5 Å². The van der Waals surface area contributed by atoms with E-state index in [1.807, 2.05) is 0 Å². The molecule has 37 heavy (non-hydrogen) atoms. The van der Waals surface area contributed by atoms with Crippen LogP contribution in [0.25, 0.3) is 0 Å². The maximum atomic E-state index is 14.4. The van der Waals surface area contributed by atoms with Gasteiger partial charge in [-0.1, -0.05) is 31.9 Å². The average Bonchev–Trinajstić information content (AvgIpc) is 3.09. The summed E-state index contributed by atoms with van der Waals surface area (Å²) in [6, 6.07) is 7.19. The Morgan fingerprint density at radius 2 is 1.73 bits per heavy atom. The Morgan fingerprint density at radius 1 is 1.14 bits per heavy atom. The van der Waals surface area contributed by atoms with Crippen molar-refractivity contribution in [2.45, 2.75) is 30.5 Å². The molecule has 0 aliphatic carbocycles. The molecule has 9 nitrogen and oxygen atoms in total. The van der Waals surface area contributed by atoms with Crippen molar-refractivity contribution in [2.24, 2.45) is 0 Å². The normalized spacial score (nSPS) is 22.4. The van der Waals surface area contributed by atoms with Crippen LogP contribution in [0.2, 0.25) is 0 Å². The maximum absolute atomic E-state index is 14.4. The van der Waals surface area contributed by atoms with Crippen LogP contribution in [-0.4, -0.2) is 59.5 Å². The van der Waals surface area contributed by atoms with E-state index in [1.165, 1.54) is 25.1 Å². The van der Waals surface area contributed by atoms with E-state index in [2.05, 4.69) is 37.2 Å². The molecule has 0 spiro atoms. The van der Waals surface area contributed by atoms with Gasteiger partial charge in [0.05, 0.1) is 28.4 Å². The number of hydroxylamine groups is 1. The fourth-order valence-electron chi connectivity index (χ4n) is 4.79. The van der Waals surface area contributed by atoms with Gasteiger partial charge in [-0.15, -0.1) is 0 Å². The molecule has 0 saturated carbocycles. The van der Waals surface area contributed by atoms with Crippen LogP contribution in [0.4, 0.5) is 18.9 Å². The molecule has 2 aliphatic heterocycles. The van der Waals surface area contributed by atoms with Gasteiger partial charge < -0.3 is 10.5 Å². The Morgan fingerprint density at radius 3 is 2.24 bits per heavy atom. The van der Waals surface area contributed by atoms with Crippen molar-refractivity contribution in [2.75, 3.05) is 18.1 Å². The molecule has 1 fully saturated rings. The van der Waals surface area contributed by atoms with Crippen LogP contribution in [0.1, 0.15) is 34.8 Å². The minimum atomic E-state index is -4.83. The number of benzene rings is 2. The third-order valence-electron chi connectivity index (χ3n) is 6.41. The molecule has 2 aromatic rings. The number of halogens is 5. The first-order valence-corrected chi connectivity index (χ1v) is 14.0. The van der Waals surface area contributed by atoms with Gasteiger partial charge in [0.1, 0.15) is 5.56 Å². The van der Waals surface area contributed by atoms with Gasteiger partial charge in [-0.3, -0.25) is 14.9 Å². The number of rotatable bonds is 5. The van der Waals surface area contributed by atoms with E-state index in [0.29, 0.717) is 8.95 Å². The third-order valence-corrected chi connectivity index (χ3v) is 9.48. The second-order valence-corrected chi connectivity index (χ2v) is 13.3. The highest BCUT2D eigenvalue weighted by molar-refractivity contribution is 9.11. The van der Waals surface area contributed by atoms with Gasteiger partial charge in [-0.2, -0.15) is 13.2 Å². The lowest BCUT2D eigenvalue weighted by Crippen LogP contribution is -2.63. The number of amides is 1. The topological polar surface area (TPSA) is 132 Å². The smallest absolute Gasteiger partial charge is 0.405 e. The number of hydrogen-bond acceptors (Lipinski definition) is 6. The van der Waals surface area contributed by atoms with Crippen LogP contribution < -0.4 is 5.32 Å². The van der Waals surface area contributed by atoms with Gasteiger partial charge in [0, 0.05) is 20.6 Å². The zero-order valence-corrected chi connectivity index (χ0v) is 22.9. The number of nitrogens with one attached hydrogen (secondary N) is 1. The summed E-state index contributed by atoms with van der Waals surface area (Å²) in [5.41, 5.74) is -5.42. The van der Waals surface area contributed by atoms with E-state index < -0.39 is 62.0 Å². The van der Waals surface area contributed by atoms with Crippen molar-refractivity contribution >= 4 is 59.0 Å². The number of nitro benzene ring substituents is 1. The van der Waals surface area contributed by atoms with Crippen molar-refractivity contribution < 1.29 is 36.0 Å². The van der Waals surface area contributed by atoms with Gasteiger partial charge in [-0.05, 0) is 42.8 Å². The van der Waals surface area contributed by atoms with E-state index in [4.69, 9.17) is 0 Å². The van der Waals surface area contributed by atoms with E-state index in [0.717, 1.165) is 12.1 Å². The van der Waals surface area contributed by atoms with Crippen LogP contribution in [0, 0.1) is 15.3 Å². The number of nitrogens with zero attached hydrogens (tertiary/aromatic N) is 2. The highest BCUT2D eigenvalue weighted by Gasteiger charge is 2.63. The molecule has 2 aromatic carbocycles. The molecule has 1 saturated heterocycles. The zero-order valence-electron chi connectivity index (χ0n) is 18.9. The van der Waals surface area contributed by atoms with Gasteiger partial charge in [0.25, 0.3) is 11.6 Å². The number of hydrogen-bond donors (Lipinski definition) is 1. The van der Waals surface area contributed by atoms with Crippen molar-refractivity contribution in [1.29, 1.82) is 0 Å². The number of sulfone groups is 1. The van der Waals surface area contributed by atoms with Crippen LogP contribution in [0.15, 0.2) is 45.3 Å². The lowest BCUT2D eigenvalue weighted by atomic mass is 9.76. The molecule has 0 bridgehead atoms. The van der Waals surface area contributed by atoms with Crippen LogP contribution in [0.5, 0.6) is 0 Å². The molecule has 1 N–H and O–H groups in total. The Kier molecular flexibility index (Phi) is 6.73. The summed E-state index contributed by atoms with van der Waals surface area (Å²) in [4.78, 5) is 23.6. The third kappa shape index (κ3) is 5.12. The lowest BCUT2D eigenvalue weighted by Gasteiger charge is -2.38. The number of nitro groups is 1. The molecular weight excluding hydrogens is 651 g/mol. The van der Waals surface area contributed by atoms with E-state index >= 15 is 0 Å². The molecule has 15 heteroatoms. The zero-order chi connectivity index (χ0) is 27.6. The van der Waals surface area contributed by atoms with Crippen molar-refractivity contribution in [3.05, 3.63) is 77.4 Å². The number of carbonyl (C=O) groups excluding carboxylic acids is 1. The van der Waals surface area contributed by atoms with Crippen LogP contribution in [-0.2, 0) is 15.3 Å². The summed E-state index contributed by atoms with van der Waals surface area (Å²) in [5.74, 6) is -1.56. The minimum absolute atomic E-state index is 0.129. The lowest BCUT2D eigenvalue weighted by molar-refractivity contribution is -0.465.